The first-order chi connectivity index (χ1) is 6.06. The highest BCUT2D eigenvalue weighted by Crippen LogP contribution is 2.15. The monoisotopic (exact) mass is 243 g/mol. The van der Waals surface area contributed by atoms with Crippen LogP contribution in [-0.2, 0) is 10.3 Å². The number of rotatable bonds is 3. The van der Waals surface area contributed by atoms with Gasteiger partial charge < -0.3 is 5.32 Å². The van der Waals surface area contributed by atoms with Crippen LogP contribution in [0.5, 0.6) is 0 Å². The summed E-state index contributed by atoms with van der Waals surface area (Å²) in [5, 5.41) is 2.64. The van der Waals surface area contributed by atoms with Gasteiger partial charge in [0.15, 0.2) is 5.82 Å². The maximum absolute atomic E-state index is 10.3. The van der Waals surface area contributed by atoms with E-state index in [-0.39, 0.29) is 0 Å². The molecule has 4 nitrogen and oxygen atoms in total. The summed E-state index contributed by atoms with van der Waals surface area (Å²) in [6.07, 6.45) is 3.94. The molecular formula is C8H10BrN3O. The van der Waals surface area contributed by atoms with E-state index in [9.17, 15) is 4.79 Å². The highest BCUT2D eigenvalue weighted by molar-refractivity contribution is 9.10. The van der Waals surface area contributed by atoms with Crippen molar-refractivity contribution in [2.24, 2.45) is 0 Å². The molecule has 0 unspecified atom stereocenters. The maximum atomic E-state index is 10.3. The predicted molar refractivity (Wildman–Crippen MR) is 52.0 cm³/mol. The second-order valence-electron chi connectivity index (χ2n) is 3.11. The number of carbonyl (C=O) groups excluding carboxylic acids is 1. The van der Waals surface area contributed by atoms with Crippen molar-refractivity contribution in [2.75, 3.05) is 0 Å². The van der Waals surface area contributed by atoms with Gasteiger partial charge in [0.25, 0.3) is 0 Å². The highest BCUT2D eigenvalue weighted by atomic mass is 79.9. The Morgan fingerprint density at radius 2 is 2.00 bits per heavy atom. The van der Waals surface area contributed by atoms with E-state index in [0.717, 1.165) is 4.47 Å². The van der Waals surface area contributed by atoms with E-state index in [0.29, 0.717) is 12.2 Å². The van der Waals surface area contributed by atoms with Gasteiger partial charge in [0.1, 0.15) is 0 Å². The molecule has 0 saturated heterocycles. The van der Waals surface area contributed by atoms with E-state index in [1.54, 1.807) is 12.4 Å². The van der Waals surface area contributed by atoms with E-state index in [1.165, 1.54) is 0 Å². The number of nitrogens with one attached hydrogen (secondary N) is 1. The molecule has 0 aliphatic carbocycles. The molecule has 0 spiro atoms. The molecule has 0 saturated carbocycles. The maximum Gasteiger partial charge on any atom is 0.207 e. The second-order valence-corrected chi connectivity index (χ2v) is 4.03. The minimum Gasteiger partial charge on any atom is -0.347 e. The van der Waals surface area contributed by atoms with Crippen molar-refractivity contribution in [2.45, 2.75) is 19.4 Å². The van der Waals surface area contributed by atoms with Gasteiger partial charge in [0.05, 0.1) is 10.0 Å². The van der Waals surface area contributed by atoms with Crippen molar-refractivity contribution in [1.29, 1.82) is 0 Å². The minimum absolute atomic E-state index is 0.525. The largest absolute Gasteiger partial charge is 0.347 e. The molecule has 1 aromatic heterocycles. The highest BCUT2D eigenvalue weighted by Gasteiger charge is 2.22. The zero-order chi connectivity index (χ0) is 9.90. The van der Waals surface area contributed by atoms with Gasteiger partial charge in [0.2, 0.25) is 6.41 Å². The van der Waals surface area contributed by atoms with Crippen LogP contribution < -0.4 is 5.32 Å². The molecule has 0 atom stereocenters. The summed E-state index contributed by atoms with van der Waals surface area (Å²) in [6.45, 7) is 3.68. The fourth-order valence-corrected chi connectivity index (χ4v) is 1.05. The SMILES string of the molecule is CC(C)(NC=O)c1ncc(Br)cn1. The summed E-state index contributed by atoms with van der Waals surface area (Å²) in [6, 6.07) is 0. The Balaban J connectivity index is 2.93. The van der Waals surface area contributed by atoms with E-state index >= 15 is 0 Å². The number of nitrogens with zero attached hydrogens (tertiary/aromatic N) is 2. The average molecular weight is 244 g/mol. The predicted octanol–water partition coefficient (Wildman–Crippen LogP) is 1.22. The van der Waals surface area contributed by atoms with Crippen molar-refractivity contribution >= 4 is 22.3 Å². The quantitative estimate of drug-likeness (QED) is 0.813. The number of amides is 1. The molecule has 1 rings (SSSR count). The van der Waals surface area contributed by atoms with Gasteiger partial charge in [-0.25, -0.2) is 9.97 Å². The van der Waals surface area contributed by atoms with Crippen LogP contribution in [0.25, 0.3) is 0 Å². The molecule has 0 aliphatic heterocycles. The van der Waals surface area contributed by atoms with Crippen molar-refractivity contribution in [1.82, 2.24) is 15.3 Å². The summed E-state index contributed by atoms with van der Waals surface area (Å²) in [7, 11) is 0. The first-order valence-corrected chi connectivity index (χ1v) is 4.55. The van der Waals surface area contributed by atoms with Gasteiger partial charge in [-0.3, -0.25) is 4.79 Å². The first kappa shape index (κ1) is 10.1. The van der Waals surface area contributed by atoms with E-state index in [2.05, 4.69) is 31.2 Å². The molecule has 0 aromatic carbocycles. The summed E-state index contributed by atoms with van der Waals surface area (Å²) in [4.78, 5) is 18.5. The minimum atomic E-state index is -0.525. The van der Waals surface area contributed by atoms with Gasteiger partial charge in [-0.2, -0.15) is 0 Å². The zero-order valence-corrected chi connectivity index (χ0v) is 9.00. The Bertz CT molecular complexity index is 297. The lowest BCUT2D eigenvalue weighted by Gasteiger charge is -2.21. The van der Waals surface area contributed by atoms with E-state index < -0.39 is 5.54 Å². The molecule has 5 heteroatoms. The van der Waals surface area contributed by atoms with E-state index in [1.807, 2.05) is 13.8 Å². The van der Waals surface area contributed by atoms with Gasteiger partial charge in [-0.05, 0) is 29.8 Å². The zero-order valence-electron chi connectivity index (χ0n) is 7.41. The third-order valence-electron chi connectivity index (χ3n) is 1.60. The molecule has 0 fully saturated rings. The van der Waals surface area contributed by atoms with Crippen LogP contribution in [0.3, 0.4) is 0 Å². The van der Waals surface area contributed by atoms with Crippen LogP contribution in [0, 0.1) is 0 Å². The number of halogens is 1. The van der Waals surface area contributed by atoms with Crippen LogP contribution in [0.1, 0.15) is 19.7 Å². The molecule has 0 bridgehead atoms. The third-order valence-corrected chi connectivity index (χ3v) is 2.01. The van der Waals surface area contributed by atoms with Crippen molar-refractivity contribution in [3.63, 3.8) is 0 Å². The molecule has 0 aliphatic rings. The topological polar surface area (TPSA) is 54.9 Å². The number of carbonyl (C=O) groups is 1. The van der Waals surface area contributed by atoms with Crippen LogP contribution in [-0.4, -0.2) is 16.4 Å². The average Bonchev–Trinajstić information content (AvgIpc) is 2.05. The summed E-state index contributed by atoms with van der Waals surface area (Å²) in [5.41, 5.74) is -0.525. The van der Waals surface area contributed by atoms with Crippen molar-refractivity contribution in [3.05, 3.63) is 22.7 Å². The van der Waals surface area contributed by atoms with Crippen LogP contribution >= 0.6 is 15.9 Å². The van der Waals surface area contributed by atoms with Crippen LogP contribution in [0.15, 0.2) is 16.9 Å². The molecule has 1 aromatic rings. The van der Waals surface area contributed by atoms with Gasteiger partial charge in [-0.1, -0.05) is 0 Å². The molecule has 0 radical (unpaired) electrons. The van der Waals surface area contributed by atoms with Gasteiger partial charge in [0, 0.05) is 12.4 Å². The first-order valence-electron chi connectivity index (χ1n) is 3.75. The van der Waals surface area contributed by atoms with Crippen molar-refractivity contribution in [3.8, 4) is 0 Å². The van der Waals surface area contributed by atoms with Crippen LogP contribution in [0.2, 0.25) is 0 Å². The standard InChI is InChI=1S/C8H10BrN3O/c1-8(2,12-5-13)7-10-3-6(9)4-11-7/h3-5H,1-2H3,(H,12,13). The summed E-state index contributed by atoms with van der Waals surface area (Å²) in [5.74, 6) is 0.586. The van der Waals surface area contributed by atoms with Gasteiger partial charge >= 0.3 is 0 Å². The second kappa shape index (κ2) is 3.83. The molecule has 13 heavy (non-hydrogen) atoms. The number of aromatic nitrogens is 2. The van der Waals surface area contributed by atoms with Crippen LogP contribution in [0.4, 0.5) is 0 Å². The summed E-state index contributed by atoms with van der Waals surface area (Å²) < 4.78 is 0.818. The number of hydrogen-bond donors (Lipinski definition) is 1. The lowest BCUT2D eigenvalue weighted by atomic mass is 10.1. The van der Waals surface area contributed by atoms with Crippen molar-refractivity contribution < 1.29 is 4.79 Å². The Labute approximate surface area is 84.9 Å². The fraction of sp³-hybridized carbons (Fsp3) is 0.375. The Morgan fingerprint density at radius 1 is 1.46 bits per heavy atom. The molecule has 70 valence electrons. The Morgan fingerprint density at radius 3 is 2.46 bits per heavy atom. The Hall–Kier alpha value is -0.970. The van der Waals surface area contributed by atoms with Gasteiger partial charge in [-0.15, -0.1) is 0 Å². The molecule has 1 N–H and O–H groups in total. The Kier molecular flexibility index (Phi) is 2.98. The molecular weight excluding hydrogens is 234 g/mol. The lowest BCUT2D eigenvalue weighted by Crippen LogP contribution is -2.37. The normalized spacial score (nSPS) is 11.0. The number of hydrogen-bond acceptors (Lipinski definition) is 3. The van der Waals surface area contributed by atoms with E-state index in [4.69, 9.17) is 0 Å². The smallest absolute Gasteiger partial charge is 0.207 e. The lowest BCUT2D eigenvalue weighted by molar-refractivity contribution is -0.111. The fourth-order valence-electron chi connectivity index (χ4n) is 0.847. The molecule has 1 amide bonds. The summed E-state index contributed by atoms with van der Waals surface area (Å²) >= 11 is 3.24. The molecule has 1 heterocycles. The third kappa shape index (κ3) is 2.48.